The van der Waals surface area contributed by atoms with Crippen LogP contribution in [0, 0.1) is 5.92 Å². The highest BCUT2D eigenvalue weighted by Crippen LogP contribution is 2.32. The lowest BCUT2D eigenvalue weighted by atomic mass is 9.85. The van der Waals surface area contributed by atoms with Crippen LogP contribution < -0.4 is 0 Å². The van der Waals surface area contributed by atoms with E-state index in [4.69, 9.17) is 0 Å². The van der Waals surface area contributed by atoms with Gasteiger partial charge in [-0.1, -0.05) is 38.1 Å². The molecule has 1 atom stereocenters. The van der Waals surface area contributed by atoms with Crippen LogP contribution in [0.25, 0.3) is 0 Å². The molecular weight excluding hydrogens is 206 g/mol. The van der Waals surface area contributed by atoms with Crippen molar-refractivity contribution in [1.29, 1.82) is 0 Å². The molecule has 1 aromatic carbocycles. The van der Waals surface area contributed by atoms with Gasteiger partial charge in [0.05, 0.1) is 0 Å². The van der Waals surface area contributed by atoms with Crippen molar-refractivity contribution in [2.45, 2.75) is 59.2 Å². The Morgan fingerprint density at radius 1 is 1.12 bits per heavy atom. The van der Waals surface area contributed by atoms with Gasteiger partial charge in [-0.2, -0.15) is 0 Å². The van der Waals surface area contributed by atoms with E-state index in [0.29, 0.717) is 12.0 Å². The highest BCUT2D eigenvalue weighted by atomic mass is 15.2. The van der Waals surface area contributed by atoms with E-state index >= 15 is 0 Å². The molecule has 17 heavy (non-hydrogen) atoms. The Labute approximate surface area is 106 Å². The first-order valence-corrected chi connectivity index (χ1v) is 6.73. The van der Waals surface area contributed by atoms with Crippen LogP contribution in [0.2, 0.25) is 0 Å². The zero-order valence-corrected chi connectivity index (χ0v) is 11.8. The summed E-state index contributed by atoms with van der Waals surface area (Å²) in [5.74, 6) is 0.711. The Morgan fingerprint density at radius 3 is 2.24 bits per heavy atom. The maximum absolute atomic E-state index is 2.67. The van der Waals surface area contributed by atoms with Crippen LogP contribution in [0.1, 0.15) is 45.7 Å². The van der Waals surface area contributed by atoms with Crippen LogP contribution in [0.3, 0.4) is 0 Å². The first-order chi connectivity index (χ1) is 7.89. The van der Waals surface area contributed by atoms with Crippen LogP contribution in [-0.2, 0) is 13.0 Å². The number of benzene rings is 1. The van der Waals surface area contributed by atoms with Crippen molar-refractivity contribution in [2.24, 2.45) is 5.92 Å². The van der Waals surface area contributed by atoms with Crippen molar-refractivity contribution >= 4 is 0 Å². The molecule has 1 heterocycles. The third-order valence-electron chi connectivity index (χ3n) is 3.92. The molecule has 0 saturated heterocycles. The highest BCUT2D eigenvalue weighted by molar-refractivity contribution is 5.30. The number of hydrogen-bond acceptors (Lipinski definition) is 1. The second-order valence-corrected chi connectivity index (χ2v) is 6.58. The van der Waals surface area contributed by atoms with Gasteiger partial charge >= 0.3 is 0 Å². The predicted molar refractivity (Wildman–Crippen MR) is 74.1 cm³/mol. The third-order valence-corrected chi connectivity index (χ3v) is 3.92. The summed E-state index contributed by atoms with van der Waals surface area (Å²) in [7, 11) is 0. The maximum Gasteiger partial charge on any atom is 0.0244 e. The Balaban J connectivity index is 2.35. The predicted octanol–water partition coefficient (Wildman–Crippen LogP) is 3.87. The minimum atomic E-state index is 0.252. The van der Waals surface area contributed by atoms with Gasteiger partial charge in [-0.25, -0.2) is 0 Å². The molecule has 1 aromatic rings. The second kappa shape index (κ2) is 4.45. The zero-order valence-electron chi connectivity index (χ0n) is 11.8. The minimum Gasteiger partial charge on any atom is -0.291 e. The molecule has 0 N–H and O–H groups in total. The van der Waals surface area contributed by atoms with Crippen LogP contribution in [-0.4, -0.2) is 16.5 Å². The SMILES string of the molecule is CC(C)C1Cc2ccccc2CN1C(C)(C)C. The summed E-state index contributed by atoms with van der Waals surface area (Å²) < 4.78 is 0. The van der Waals surface area contributed by atoms with E-state index in [0.717, 1.165) is 6.54 Å². The highest BCUT2D eigenvalue weighted by Gasteiger charge is 2.34. The molecule has 1 unspecified atom stereocenters. The topological polar surface area (TPSA) is 3.24 Å². The van der Waals surface area contributed by atoms with Crippen LogP contribution in [0.15, 0.2) is 24.3 Å². The van der Waals surface area contributed by atoms with Gasteiger partial charge in [-0.15, -0.1) is 0 Å². The van der Waals surface area contributed by atoms with Crippen molar-refractivity contribution in [1.82, 2.24) is 4.90 Å². The van der Waals surface area contributed by atoms with Gasteiger partial charge in [0, 0.05) is 18.1 Å². The Kier molecular flexibility index (Phi) is 3.31. The molecule has 0 aromatic heterocycles. The molecule has 1 nitrogen and oxygen atoms in total. The van der Waals surface area contributed by atoms with Gasteiger partial charge in [0.15, 0.2) is 0 Å². The first-order valence-electron chi connectivity index (χ1n) is 6.73. The zero-order chi connectivity index (χ0) is 12.6. The summed E-state index contributed by atoms with van der Waals surface area (Å²) in [6.07, 6.45) is 1.20. The first kappa shape index (κ1) is 12.6. The summed E-state index contributed by atoms with van der Waals surface area (Å²) >= 11 is 0. The minimum absolute atomic E-state index is 0.252. The van der Waals surface area contributed by atoms with E-state index in [1.165, 1.54) is 12.0 Å². The molecule has 0 spiro atoms. The molecule has 0 bridgehead atoms. The molecule has 2 rings (SSSR count). The average molecular weight is 231 g/mol. The Bertz CT molecular complexity index is 387. The monoisotopic (exact) mass is 231 g/mol. The third kappa shape index (κ3) is 2.55. The fraction of sp³-hybridized carbons (Fsp3) is 0.625. The van der Waals surface area contributed by atoms with Crippen LogP contribution >= 0.6 is 0 Å². The summed E-state index contributed by atoms with van der Waals surface area (Å²) in [5.41, 5.74) is 3.31. The standard InChI is InChI=1S/C16H25N/c1-12(2)15-10-13-8-6-7-9-14(13)11-17(15)16(3,4)5/h6-9,12,15H,10-11H2,1-5H3. The summed E-state index contributed by atoms with van der Waals surface area (Å²) in [6, 6.07) is 9.58. The molecule has 0 amide bonds. The van der Waals surface area contributed by atoms with Gasteiger partial charge in [-0.05, 0) is 44.2 Å². The molecule has 0 aliphatic carbocycles. The average Bonchev–Trinajstić information content (AvgIpc) is 2.26. The lowest BCUT2D eigenvalue weighted by Crippen LogP contribution is -2.52. The lowest BCUT2D eigenvalue weighted by Gasteiger charge is -2.47. The largest absolute Gasteiger partial charge is 0.291 e. The van der Waals surface area contributed by atoms with E-state index in [2.05, 4.69) is 63.8 Å². The van der Waals surface area contributed by atoms with Gasteiger partial charge < -0.3 is 0 Å². The summed E-state index contributed by atoms with van der Waals surface area (Å²) in [4.78, 5) is 2.67. The van der Waals surface area contributed by atoms with Gasteiger partial charge in [0.1, 0.15) is 0 Å². The van der Waals surface area contributed by atoms with Crippen molar-refractivity contribution in [3.63, 3.8) is 0 Å². The molecule has 94 valence electrons. The van der Waals surface area contributed by atoms with E-state index in [-0.39, 0.29) is 5.54 Å². The van der Waals surface area contributed by atoms with Crippen molar-refractivity contribution in [3.8, 4) is 0 Å². The Morgan fingerprint density at radius 2 is 1.71 bits per heavy atom. The molecule has 1 heteroatoms. The normalized spacial score (nSPS) is 21.6. The second-order valence-electron chi connectivity index (χ2n) is 6.58. The van der Waals surface area contributed by atoms with Crippen molar-refractivity contribution in [3.05, 3.63) is 35.4 Å². The fourth-order valence-electron chi connectivity index (χ4n) is 2.88. The summed E-state index contributed by atoms with van der Waals surface area (Å²) in [6.45, 7) is 12.8. The molecule has 0 fully saturated rings. The quantitative estimate of drug-likeness (QED) is 0.709. The molecular formula is C16H25N. The summed E-state index contributed by atoms with van der Waals surface area (Å²) in [5, 5.41) is 0. The van der Waals surface area contributed by atoms with Crippen molar-refractivity contribution < 1.29 is 0 Å². The molecule has 0 saturated carbocycles. The Hall–Kier alpha value is -0.820. The van der Waals surface area contributed by atoms with E-state index in [9.17, 15) is 0 Å². The van der Waals surface area contributed by atoms with E-state index < -0.39 is 0 Å². The smallest absolute Gasteiger partial charge is 0.0244 e. The number of nitrogens with zero attached hydrogens (tertiary/aromatic N) is 1. The fourth-order valence-corrected chi connectivity index (χ4v) is 2.88. The number of hydrogen-bond donors (Lipinski definition) is 0. The lowest BCUT2D eigenvalue weighted by molar-refractivity contribution is 0.0391. The molecule has 1 aliphatic rings. The van der Waals surface area contributed by atoms with Crippen LogP contribution in [0.5, 0.6) is 0 Å². The number of rotatable bonds is 1. The van der Waals surface area contributed by atoms with Crippen LogP contribution in [0.4, 0.5) is 0 Å². The molecule has 1 aliphatic heterocycles. The van der Waals surface area contributed by atoms with E-state index in [1.54, 1.807) is 5.56 Å². The van der Waals surface area contributed by atoms with Gasteiger partial charge in [-0.3, -0.25) is 4.90 Å². The van der Waals surface area contributed by atoms with Crippen molar-refractivity contribution in [2.75, 3.05) is 0 Å². The molecule has 0 radical (unpaired) electrons. The maximum atomic E-state index is 2.67. The van der Waals surface area contributed by atoms with Gasteiger partial charge in [0.2, 0.25) is 0 Å². The van der Waals surface area contributed by atoms with Gasteiger partial charge in [0.25, 0.3) is 0 Å². The van der Waals surface area contributed by atoms with E-state index in [1.807, 2.05) is 0 Å². The number of fused-ring (bicyclic) bond motifs is 1.